The standard InChI is InChI=1S/C11H15NO2/c1-8(2)7-12-6-4-5-10(9(3)13)11(12)14/h4-6,8H,7H2,1-3H3. The minimum absolute atomic E-state index is 0.173. The van der Waals surface area contributed by atoms with Crippen LogP contribution >= 0.6 is 0 Å². The molecule has 0 unspecified atom stereocenters. The molecule has 0 spiro atoms. The van der Waals surface area contributed by atoms with Crippen LogP contribution in [0.5, 0.6) is 0 Å². The molecule has 0 N–H and O–H groups in total. The summed E-state index contributed by atoms with van der Waals surface area (Å²) in [6.45, 7) is 6.14. The Bertz CT molecular complexity index is 391. The highest BCUT2D eigenvalue weighted by atomic mass is 16.1. The summed E-state index contributed by atoms with van der Waals surface area (Å²) in [5, 5.41) is 0. The van der Waals surface area contributed by atoms with Gasteiger partial charge in [-0.3, -0.25) is 9.59 Å². The molecule has 0 amide bonds. The van der Waals surface area contributed by atoms with Gasteiger partial charge >= 0.3 is 0 Å². The summed E-state index contributed by atoms with van der Waals surface area (Å²) in [7, 11) is 0. The van der Waals surface area contributed by atoms with E-state index in [4.69, 9.17) is 0 Å². The molecule has 0 radical (unpaired) electrons. The Morgan fingerprint density at radius 3 is 2.64 bits per heavy atom. The summed E-state index contributed by atoms with van der Waals surface area (Å²) in [6, 6.07) is 3.31. The third kappa shape index (κ3) is 2.31. The van der Waals surface area contributed by atoms with Crippen molar-refractivity contribution < 1.29 is 4.79 Å². The zero-order valence-corrected chi connectivity index (χ0v) is 8.78. The Hall–Kier alpha value is -1.38. The van der Waals surface area contributed by atoms with Crippen molar-refractivity contribution in [3.8, 4) is 0 Å². The number of hydrogen-bond donors (Lipinski definition) is 0. The van der Waals surface area contributed by atoms with Crippen LogP contribution in [0, 0.1) is 5.92 Å². The molecule has 76 valence electrons. The van der Waals surface area contributed by atoms with Gasteiger partial charge in [-0.1, -0.05) is 13.8 Å². The molecule has 14 heavy (non-hydrogen) atoms. The first-order valence-electron chi connectivity index (χ1n) is 4.72. The average Bonchev–Trinajstić information content (AvgIpc) is 2.07. The summed E-state index contributed by atoms with van der Waals surface area (Å²) in [4.78, 5) is 22.8. The van der Waals surface area contributed by atoms with Crippen molar-refractivity contribution >= 4 is 5.78 Å². The molecule has 0 aliphatic carbocycles. The number of ketones is 1. The van der Waals surface area contributed by atoms with Crippen LogP contribution in [0.3, 0.4) is 0 Å². The molecule has 1 aromatic heterocycles. The molecule has 1 heterocycles. The van der Waals surface area contributed by atoms with Gasteiger partial charge in [0.25, 0.3) is 5.56 Å². The lowest BCUT2D eigenvalue weighted by atomic mass is 10.2. The Morgan fingerprint density at radius 1 is 1.50 bits per heavy atom. The smallest absolute Gasteiger partial charge is 0.261 e. The van der Waals surface area contributed by atoms with Gasteiger partial charge in [-0.15, -0.1) is 0 Å². The van der Waals surface area contributed by atoms with E-state index in [0.29, 0.717) is 12.5 Å². The number of aromatic nitrogens is 1. The molecular weight excluding hydrogens is 178 g/mol. The van der Waals surface area contributed by atoms with Gasteiger partial charge in [0, 0.05) is 12.7 Å². The molecule has 0 atom stereocenters. The third-order valence-corrected chi connectivity index (χ3v) is 1.96. The van der Waals surface area contributed by atoms with Gasteiger partial charge in [0.15, 0.2) is 5.78 Å². The van der Waals surface area contributed by atoms with Gasteiger partial charge in [0.2, 0.25) is 0 Å². The van der Waals surface area contributed by atoms with Crippen LogP contribution in [0.15, 0.2) is 23.1 Å². The molecular formula is C11H15NO2. The van der Waals surface area contributed by atoms with Gasteiger partial charge in [-0.2, -0.15) is 0 Å². The fraction of sp³-hybridized carbons (Fsp3) is 0.455. The highest BCUT2D eigenvalue weighted by molar-refractivity contribution is 5.93. The molecule has 0 fully saturated rings. The Labute approximate surface area is 83.4 Å². The predicted octanol–water partition coefficient (Wildman–Crippen LogP) is 1.71. The van der Waals surface area contributed by atoms with Crippen molar-refractivity contribution in [1.29, 1.82) is 0 Å². The van der Waals surface area contributed by atoms with E-state index in [-0.39, 0.29) is 16.9 Å². The van der Waals surface area contributed by atoms with E-state index in [0.717, 1.165) is 0 Å². The van der Waals surface area contributed by atoms with Crippen LogP contribution in [-0.2, 0) is 6.54 Å². The first-order chi connectivity index (χ1) is 6.52. The first kappa shape index (κ1) is 10.7. The van der Waals surface area contributed by atoms with Crippen LogP contribution in [0.1, 0.15) is 31.1 Å². The van der Waals surface area contributed by atoms with Crippen LogP contribution < -0.4 is 5.56 Å². The largest absolute Gasteiger partial charge is 0.315 e. The molecule has 0 aromatic carbocycles. The number of hydrogen-bond acceptors (Lipinski definition) is 2. The van der Waals surface area contributed by atoms with Crippen molar-refractivity contribution in [2.75, 3.05) is 0 Å². The van der Waals surface area contributed by atoms with E-state index in [1.807, 2.05) is 13.8 Å². The van der Waals surface area contributed by atoms with Gasteiger partial charge in [-0.05, 0) is 25.0 Å². The summed E-state index contributed by atoms with van der Waals surface area (Å²) >= 11 is 0. The van der Waals surface area contributed by atoms with Crippen LogP contribution in [0.25, 0.3) is 0 Å². The molecule has 3 heteroatoms. The number of carbonyl (C=O) groups excluding carboxylic acids is 1. The molecule has 3 nitrogen and oxygen atoms in total. The quantitative estimate of drug-likeness (QED) is 0.685. The van der Waals surface area contributed by atoms with E-state index < -0.39 is 0 Å². The van der Waals surface area contributed by atoms with Crippen molar-refractivity contribution in [1.82, 2.24) is 4.57 Å². The fourth-order valence-corrected chi connectivity index (χ4v) is 1.34. The Balaban J connectivity index is 3.15. The second-order valence-corrected chi connectivity index (χ2v) is 3.83. The summed E-state index contributed by atoms with van der Waals surface area (Å²) in [5.41, 5.74) is 0.0850. The Morgan fingerprint density at radius 2 is 2.14 bits per heavy atom. The average molecular weight is 193 g/mol. The van der Waals surface area contributed by atoms with E-state index >= 15 is 0 Å². The zero-order valence-electron chi connectivity index (χ0n) is 8.78. The van der Waals surface area contributed by atoms with Crippen molar-refractivity contribution in [3.05, 3.63) is 34.2 Å². The lowest BCUT2D eigenvalue weighted by Gasteiger charge is -2.08. The highest BCUT2D eigenvalue weighted by Crippen LogP contribution is 1.98. The van der Waals surface area contributed by atoms with Crippen LogP contribution in [0.2, 0.25) is 0 Å². The lowest BCUT2D eigenvalue weighted by Crippen LogP contribution is -2.26. The number of pyridine rings is 1. The minimum atomic E-state index is -0.186. The predicted molar refractivity (Wildman–Crippen MR) is 55.5 cm³/mol. The van der Waals surface area contributed by atoms with E-state index in [2.05, 4.69) is 0 Å². The topological polar surface area (TPSA) is 39.1 Å². The fourth-order valence-electron chi connectivity index (χ4n) is 1.34. The molecule has 1 rings (SSSR count). The van der Waals surface area contributed by atoms with Crippen molar-refractivity contribution in [2.24, 2.45) is 5.92 Å². The third-order valence-electron chi connectivity index (χ3n) is 1.96. The minimum Gasteiger partial charge on any atom is -0.315 e. The van der Waals surface area contributed by atoms with Gasteiger partial charge in [0.1, 0.15) is 0 Å². The molecule has 0 aliphatic rings. The monoisotopic (exact) mass is 193 g/mol. The van der Waals surface area contributed by atoms with E-state index in [1.165, 1.54) is 6.92 Å². The zero-order chi connectivity index (χ0) is 10.7. The maximum atomic E-state index is 11.7. The maximum absolute atomic E-state index is 11.7. The summed E-state index contributed by atoms with van der Waals surface area (Å²) in [6.07, 6.45) is 1.72. The van der Waals surface area contributed by atoms with Gasteiger partial charge in [-0.25, -0.2) is 0 Å². The molecule has 1 aromatic rings. The Kier molecular flexibility index (Phi) is 3.23. The molecule has 0 saturated carbocycles. The van der Waals surface area contributed by atoms with E-state index in [9.17, 15) is 9.59 Å². The molecule has 0 saturated heterocycles. The number of Topliss-reactive ketones (excluding diaryl/α,β-unsaturated/α-hetero) is 1. The summed E-state index contributed by atoms with van der Waals surface area (Å²) < 4.78 is 1.58. The van der Waals surface area contributed by atoms with Gasteiger partial charge < -0.3 is 4.57 Å². The number of rotatable bonds is 3. The normalized spacial score (nSPS) is 10.6. The van der Waals surface area contributed by atoms with Gasteiger partial charge in [0.05, 0.1) is 5.56 Å². The second-order valence-electron chi connectivity index (χ2n) is 3.83. The first-order valence-corrected chi connectivity index (χ1v) is 4.72. The lowest BCUT2D eigenvalue weighted by molar-refractivity contribution is 0.101. The summed E-state index contributed by atoms with van der Waals surface area (Å²) in [5.74, 6) is 0.225. The van der Waals surface area contributed by atoms with Crippen molar-refractivity contribution in [2.45, 2.75) is 27.3 Å². The number of nitrogens with zero attached hydrogens (tertiary/aromatic N) is 1. The molecule has 0 aliphatic heterocycles. The maximum Gasteiger partial charge on any atom is 0.261 e. The number of carbonyl (C=O) groups is 1. The second kappa shape index (κ2) is 4.22. The van der Waals surface area contributed by atoms with Crippen LogP contribution in [-0.4, -0.2) is 10.4 Å². The molecule has 0 bridgehead atoms. The SMILES string of the molecule is CC(=O)c1cccn(CC(C)C)c1=O. The van der Waals surface area contributed by atoms with E-state index in [1.54, 1.807) is 22.9 Å². The van der Waals surface area contributed by atoms with Crippen molar-refractivity contribution in [3.63, 3.8) is 0 Å². The van der Waals surface area contributed by atoms with Crippen LogP contribution in [0.4, 0.5) is 0 Å². The highest BCUT2D eigenvalue weighted by Gasteiger charge is 2.07.